The number of nitrogens with two attached hydrogens (primary N) is 1. The fourth-order valence-corrected chi connectivity index (χ4v) is 5.02. The molecule has 9 nitrogen and oxygen atoms in total. The Balaban J connectivity index is 1.53. The number of fused-ring (bicyclic) bond motifs is 1. The number of rotatable bonds is 7. The second kappa shape index (κ2) is 10.3. The standard InChI is InChI=1S/C26H25N7O2S/c1-32(2)24-7-3-6-23-22(24)5-4-8-25(23)36(34,35)31-21-11-9-19(10-12-21)17-33(18-27)26(28)30-20-13-15-29-16-14-20/h3-16,31H,17H2,1-2H3,(H2,28,29,30). The Morgan fingerprint density at radius 2 is 1.67 bits per heavy atom. The number of hydrogen-bond acceptors (Lipinski definition) is 6. The van der Waals surface area contributed by atoms with E-state index in [4.69, 9.17) is 5.73 Å². The highest BCUT2D eigenvalue weighted by Gasteiger charge is 2.19. The molecule has 0 aliphatic rings. The lowest BCUT2D eigenvalue weighted by molar-refractivity contribution is 0.565. The topological polar surface area (TPSA) is 128 Å². The van der Waals surface area contributed by atoms with Gasteiger partial charge in [0.15, 0.2) is 6.19 Å². The van der Waals surface area contributed by atoms with Gasteiger partial charge in [0.1, 0.15) is 0 Å². The van der Waals surface area contributed by atoms with Gasteiger partial charge in [-0.3, -0.25) is 9.71 Å². The molecule has 0 radical (unpaired) electrons. The number of nitrogens with zero attached hydrogens (tertiary/aromatic N) is 5. The van der Waals surface area contributed by atoms with Crippen molar-refractivity contribution >= 4 is 43.8 Å². The summed E-state index contributed by atoms with van der Waals surface area (Å²) >= 11 is 0. The molecule has 0 fully saturated rings. The number of anilines is 2. The molecule has 3 N–H and O–H groups in total. The van der Waals surface area contributed by atoms with Gasteiger partial charge in [-0.25, -0.2) is 18.3 Å². The van der Waals surface area contributed by atoms with Crippen LogP contribution in [0.15, 0.2) is 95.1 Å². The van der Waals surface area contributed by atoms with Crippen molar-refractivity contribution in [2.75, 3.05) is 23.7 Å². The highest BCUT2D eigenvalue weighted by molar-refractivity contribution is 7.93. The predicted molar refractivity (Wildman–Crippen MR) is 142 cm³/mol. The molecule has 0 unspecified atom stereocenters. The van der Waals surface area contributed by atoms with Gasteiger partial charge in [0.25, 0.3) is 10.0 Å². The first-order valence-corrected chi connectivity index (χ1v) is 12.5. The highest BCUT2D eigenvalue weighted by atomic mass is 32.2. The zero-order valence-electron chi connectivity index (χ0n) is 19.8. The average molecular weight is 500 g/mol. The SMILES string of the molecule is CN(C)c1cccc2c(S(=O)(=O)Nc3ccc(CN(C#N)C(N)=Nc4ccncc4)cc3)cccc12. The van der Waals surface area contributed by atoms with Crippen LogP contribution in [0.5, 0.6) is 0 Å². The van der Waals surface area contributed by atoms with Crippen molar-refractivity contribution in [3.63, 3.8) is 0 Å². The largest absolute Gasteiger partial charge is 0.377 e. The zero-order chi connectivity index (χ0) is 25.7. The minimum atomic E-state index is -3.85. The summed E-state index contributed by atoms with van der Waals surface area (Å²) < 4.78 is 29.2. The van der Waals surface area contributed by atoms with Gasteiger partial charge in [-0.1, -0.05) is 36.4 Å². The molecular formula is C26H25N7O2S. The molecule has 0 aliphatic heterocycles. The van der Waals surface area contributed by atoms with Crippen LogP contribution in [0.25, 0.3) is 10.8 Å². The van der Waals surface area contributed by atoms with Crippen LogP contribution in [0.1, 0.15) is 5.56 Å². The van der Waals surface area contributed by atoms with Gasteiger partial charge in [-0.2, -0.15) is 5.26 Å². The maximum absolute atomic E-state index is 13.3. The molecule has 0 atom stereocenters. The van der Waals surface area contributed by atoms with E-state index in [1.165, 1.54) is 4.90 Å². The first-order valence-electron chi connectivity index (χ1n) is 11.0. The third-order valence-electron chi connectivity index (χ3n) is 5.48. The Bertz CT molecular complexity index is 1550. The van der Waals surface area contributed by atoms with E-state index in [1.807, 2.05) is 43.4 Å². The molecule has 0 spiro atoms. The lowest BCUT2D eigenvalue weighted by Gasteiger charge is -2.17. The van der Waals surface area contributed by atoms with Gasteiger partial charge in [0.05, 0.1) is 17.1 Å². The van der Waals surface area contributed by atoms with Crippen molar-refractivity contribution in [3.05, 3.63) is 90.8 Å². The minimum Gasteiger partial charge on any atom is -0.377 e. The number of aromatic nitrogens is 1. The van der Waals surface area contributed by atoms with E-state index in [0.29, 0.717) is 16.8 Å². The van der Waals surface area contributed by atoms with Crippen molar-refractivity contribution in [1.82, 2.24) is 9.88 Å². The molecular weight excluding hydrogens is 474 g/mol. The molecule has 4 rings (SSSR count). The summed E-state index contributed by atoms with van der Waals surface area (Å²) in [5.74, 6) is 0.0431. The number of aliphatic imine (C=N–C) groups is 1. The van der Waals surface area contributed by atoms with Gasteiger partial charge in [-0.15, -0.1) is 0 Å². The number of benzene rings is 3. The fourth-order valence-electron chi connectivity index (χ4n) is 3.74. The zero-order valence-corrected chi connectivity index (χ0v) is 20.6. The Hall–Kier alpha value is -4.62. The van der Waals surface area contributed by atoms with Gasteiger partial charge >= 0.3 is 0 Å². The molecule has 1 aromatic heterocycles. The van der Waals surface area contributed by atoms with Crippen LogP contribution >= 0.6 is 0 Å². The van der Waals surface area contributed by atoms with Crippen LogP contribution in [0.3, 0.4) is 0 Å². The first kappa shape index (κ1) is 24.5. The van der Waals surface area contributed by atoms with Crippen LogP contribution in [0, 0.1) is 11.5 Å². The van der Waals surface area contributed by atoms with Crippen molar-refractivity contribution in [2.45, 2.75) is 11.4 Å². The van der Waals surface area contributed by atoms with Crippen molar-refractivity contribution in [1.29, 1.82) is 5.26 Å². The lowest BCUT2D eigenvalue weighted by Crippen LogP contribution is -2.32. The molecule has 182 valence electrons. The van der Waals surface area contributed by atoms with Gasteiger partial charge in [0.2, 0.25) is 5.96 Å². The lowest BCUT2D eigenvalue weighted by atomic mass is 10.1. The second-order valence-electron chi connectivity index (χ2n) is 8.19. The van der Waals surface area contributed by atoms with E-state index in [0.717, 1.165) is 16.6 Å². The van der Waals surface area contributed by atoms with E-state index in [-0.39, 0.29) is 17.4 Å². The molecule has 0 bridgehead atoms. The Morgan fingerprint density at radius 3 is 2.33 bits per heavy atom. The molecule has 4 aromatic rings. The Kier molecular flexibility index (Phi) is 7.03. The van der Waals surface area contributed by atoms with E-state index in [1.54, 1.807) is 67.0 Å². The quantitative estimate of drug-likeness (QED) is 0.170. The minimum absolute atomic E-state index is 0.0431. The van der Waals surface area contributed by atoms with Gasteiger partial charge in [0, 0.05) is 48.6 Å². The average Bonchev–Trinajstić information content (AvgIpc) is 2.87. The van der Waals surface area contributed by atoms with Crippen LogP contribution in [0.4, 0.5) is 17.1 Å². The Labute approximate surface area is 210 Å². The van der Waals surface area contributed by atoms with Crippen LogP contribution in [-0.2, 0) is 16.6 Å². The third kappa shape index (κ3) is 5.37. The number of guanidine groups is 1. The maximum Gasteiger partial charge on any atom is 0.262 e. The van der Waals surface area contributed by atoms with Crippen molar-refractivity contribution in [2.24, 2.45) is 10.7 Å². The summed E-state index contributed by atoms with van der Waals surface area (Å²) in [6.45, 7) is 0.181. The molecule has 0 amide bonds. The molecule has 0 saturated heterocycles. The van der Waals surface area contributed by atoms with Crippen LogP contribution in [0.2, 0.25) is 0 Å². The van der Waals surface area contributed by atoms with Crippen molar-refractivity contribution < 1.29 is 8.42 Å². The van der Waals surface area contributed by atoms with Gasteiger partial charge < -0.3 is 10.6 Å². The summed E-state index contributed by atoms with van der Waals surface area (Å²) in [4.78, 5) is 11.5. The van der Waals surface area contributed by atoms with Crippen LogP contribution < -0.4 is 15.4 Å². The molecule has 1 heterocycles. The second-order valence-corrected chi connectivity index (χ2v) is 9.84. The number of sulfonamides is 1. The van der Waals surface area contributed by atoms with Crippen LogP contribution in [-0.4, -0.2) is 38.4 Å². The summed E-state index contributed by atoms with van der Waals surface area (Å²) in [5, 5.41) is 11.0. The smallest absolute Gasteiger partial charge is 0.262 e. The van der Waals surface area contributed by atoms with Gasteiger partial charge in [-0.05, 0) is 42.0 Å². The van der Waals surface area contributed by atoms with E-state index in [9.17, 15) is 13.7 Å². The normalized spacial score (nSPS) is 11.6. The van der Waals surface area contributed by atoms with E-state index in [2.05, 4.69) is 14.7 Å². The van der Waals surface area contributed by atoms with Crippen molar-refractivity contribution in [3.8, 4) is 6.19 Å². The number of nitrogens with one attached hydrogen (secondary N) is 1. The highest BCUT2D eigenvalue weighted by Crippen LogP contribution is 2.31. The first-order chi connectivity index (χ1) is 17.3. The summed E-state index contributed by atoms with van der Waals surface area (Å²) in [6, 6.07) is 20.9. The molecule has 0 saturated carbocycles. The monoisotopic (exact) mass is 499 g/mol. The number of hydrogen-bond donors (Lipinski definition) is 2. The molecule has 10 heteroatoms. The third-order valence-corrected chi connectivity index (χ3v) is 6.92. The summed E-state index contributed by atoms with van der Waals surface area (Å²) in [7, 11) is -0.00955. The summed E-state index contributed by atoms with van der Waals surface area (Å²) in [5.41, 5.74) is 8.68. The Morgan fingerprint density at radius 1 is 1.00 bits per heavy atom. The molecule has 3 aromatic carbocycles. The summed E-state index contributed by atoms with van der Waals surface area (Å²) in [6.07, 6.45) is 5.19. The fraction of sp³-hybridized carbons (Fsp3) is 0.115. The molecule has 36 heavy (non-hydrogen) atoms. The predicted octanol–water partition coefficient (Wildman–Crippen LogP) is 4.03. The molecule has 0 aliphatic carbocycles. The number of nitriles is 1. The number of pyridine rings is 1. The maximum atomic E-state index is 13.3. The van der Waals surface area contributed by atoms with E-state index >= 15 is 0 Å². The van der Waals surface area contributed by atoms with E-state index < -0.39 is 10.0 Å².